The predicted molar refractivity (Wildman–Crippen MR) is 37.1 cm³/mol. The molecule has 0 spiro atoms. The molecule has 1 rings (SSSR count). The third kappa shape index (κ3) is 1.36. The second kappa shape index (κ2) is 2.86. The smallest absolute Gasteiger partial charge is 0.176 e. The lowest BCUT2D eigenvalue weighted by Gasteiger charge is -2.19. The van der Waals surface area contributed by atoms with E-state index in [-0.39, 0.29) is 0 Å². The lowest BCUT2D eigenvalue weighted by atomic mass is 10.0. The third-order valence-corrected chi connectivity index (χ3v) is 2.16. The maximum atomic E-state index is 13.5. The molecule has 1 heterocycles. The molecule has 5 heteroatoms. The Morgan fingerprint density at radius 1 is 1.91 bits per heavy atom. The maximum absolute atomic E-state index is 13.5. The molecule has 0 aliphatic carbocycles. The predicted octanol–water partition coefficient (Wildman–Crippen LogP) is 0.0315. The highest BCUT2D eigenvalue weighted by Crippen LogP contribution is 2.36. The molecule has 1 aliphatic rings. The lowest BCUT2D eigenvalue weighted by molar-refractivity contribution is -0.0112. The van der Waals surface area contributed by atoms with Crippen LogP contribution in [0.15, 0.2) is 0 Å². The Hall–Kier alpha value is 0.1000. The third-order valence-electron chi connectivity index (χ3n) is 1.70. The molecule has 4 atom stereocenters. The molecule has 2 N–H and O–H groups in total. The first-order valence-electron chi connectivity index (χ1n) is 3.83. The Labute approximate surface area is 70.1 Å². The van der Waals surface area contributed by atoms with Gasteiger partial charge in [-0.15, -0.1) is 0 Å². The topological polar surface area (TPSA) is 49.7 Å². The van der Waals surface area contributed by atoms with Gasteiger partial charge in [-0.3, -0.25) is 0 Å². The van der Waals surface area contributed by atoms with Crippen LogP contribution in [-0.4, -0.2) is 40.3 Å². The molecule has 3 nitrogen and oxygen atoms in total. The van der Waals surface area contributed by atoms with Crippen molar-refractivity contribution in [1.29, 1.82) is 0 Å². The van der Waals surface area contributed by atoms with Crippen molar-refractivity contribution in [2.45, 2.75) is 30.3 Å². The number of hydrogen-bond donors (Lipinski definition) is 2. The summed E-state index contributed by atoms with van der Waals surface area (Å²) < 4.78 is 25.0. The van der Waals surface area contributed by atoms with Gasteiger partial charge in [0.05, 0.1) is 6.61 Å². The van der Waals surface area contributed by atoms with Gasteiger partial charge in [-0.25, -0.2) is 4.39 Å². The van der Waals surface area contributed by atoms with Gasteiger partial charge in [0, 0.05) is 1.37 Å². The summed E-state index contributed by atoms with van der Waals surface area (Å²) in [4.78, 5) is 0. The standard InChI is InChI=1S/C6H10ClFO3/c1-6(8)4(10)3(2-9)11-5(6)7/h3-5,9-10H,2H2,1H3/t3-,4-,5?,6-/m1/s1/i1D. The minimum Gasteiger partial charge on any atom is -0.394 e. The Morgan fingerprint density at radius 2 is 2.55 bits per heavy atom. The summed E-state index contributed by atoms with van der Waals surface area (Å²) in [6.45, 7) is -1.19. The highest BCUT2D eigenvalue weighted by atomic mass is 35.5. The van der Waals surface area contributed by atoms with Gasteiger partial charge in [0.2, 0.25) is 0 Å². The molecule has 11 heavy (non-hydrogen) atoms. The first kappa shape index (κ1) is 7.73. The number of halogens is 2. The van der Waals surface area contributed by atoms with E-state index in [1.165, 1.54) is 0 Å². The summed E-state index contributed by atoms with van der Waals surface area (Å²) in [5.74, 6) is 0. The summed E-state index contributed by atoms with van der Waals surface area (Å²) in [5.41, 5.74) is -3.63. The zero-order chi connectivity index (χ0) is 9.35. The summed E-state index contributed by atoms with van der Waals surface area (Å²) in [6, 6.07) is 0. The first-order chi connectivity index (χ1) is 5.56. The van der Waals surface area contributed by atoms with E-state index >= 15 is 0 Å². The van der Waals surface area contributed by atoms with Gasteiger partial charge in [0.15, 0.2) is 11.2 Å². The van der Waals surface area contributed by atoms with E-state index in [0.29, 0.717) is 0 Å². The van der Waals surface area contributed by atoms with Gasteiger partial charge < -0.3 is 14.9 Å². The number of alkyl halides is 2. The quantitative estimate of drug-likeness (QED) is 0.567. The molecular weight excluding hydrogens is 175 g/mol. The van der Waals surface area contributed by atoms with Gasteiger partial charge in [0.1, 0.15) is 12.2 Å². The van der Waals surface area contributed by atoms with Crippen LogP contribution in [0.25, 0.3) is 0 Å². The zero-order valence-corrected chi connectivity index (χ0v) is 6.46. The molecule has 1 fully saturated rings. The van der Waals surface area contributed by atoms with Crippen molar-refractivity contribution >= 4 is 11.6 Å². The highest BCUT2D eigenvalue weighted by molar-refractivity contribution is 6.20. The molecule has 0 bridgehead atoms. The van der Waals surface area contributed by atoms with E-state index in [4.69, 9.17) is 22.8 Å². The molecule has 66 valence electrons. The Balaban J connectivity index is 2.76. The van der Waals surface area contributed by atoms with Crippen LogP contribution in [0.1, 0.15) is 8.27 Å². The summed E-state index contributed by atoms with van der Waals surface area (Å²) >= 11 is 5.40. The molecule has 0 amide bonds. The fourth-order valence-corrected chi connectivity index (χ4v) is 1.19. The SMILES string of the molecule is [2H]C[C@]1(F)C(Cl)O[C@H](CO)[C@H]1O. The van der Waals surface area contributed by atoms with Gasteiger partial charge in [0.25, 0.3) is 0 Å². The molecule has 0 aromatic heterocycles. The minimum absolute atomic E-state index is 0.504. The van der Waals surface area contributed by atoms with Gasteiger partial charge in [-0.05, 0) is 6.90 Å². The fraction of sp³-hybridized carbons (Fsp3) is 1.00. The van der Waals surface area contributed by atoms with Crippen molar-refractivity contribution in [2.24, 2.45) is 0 Å². The van der Waals surface area contributed by atoms with Crippen molar-refractivity contribution in [3.8, 4) is 0 Å². The molecular formula is C6H10ClFO3. The van der Waals surface area contributed by atoms with Crippen molar-refractivity contribution < 1.29 is 20.7 Å². The first-order valence-corrected chi connectivity index (χ1v) is 3.56. The van der Waals surface area contributed by atoms with Crippen LogP contribution in [0.4, 0.5) is 4.39 Å². The average molecular weight is 186 g/mol. The monoisotopic (exact) mass is 185 g/mol. The van der Waals surface area contributed by atoms with Gasteiger partial charge >= 0.3 is 0 Å². The van der Waals surface area contributed by atoms with E-state index in [0.717, 1.165) is 0 Å². The van der Waals surface area contributed by atoms with E-state index in [1.807, 2.05) is 0 Å². The normalized spacial score (nSPS) is 52.7. The van der Waals surface area contributed by atoms with E-state index < -0.39 is 36.9 Å². The Bertz CT molecular complexity index is 173. The van der Waals surface area contributed by atoms with Gasteiger partial charge in [-0.2, -0.15) is 0 Å². The van der Waals surface area contributed by atoms with Gasteiger partial charge in [-0.1, -0.05) is 11.6 Å². The van der Waals surface area contributed by atoms with E-state index in [9.17, 15) is 9.50 Å². The average Bonchev–Trinajstić information content (AvgIpc) is 2.30. The molecule has 0 aromatic carbocycles. The Morgan fingerprint density at radius 3 is 2.82 bits per heavy atom. The summed E-state index contributed by atoms with van der Waals surface area (Å²) in [6.07, 6.45) is -2.55. The number of hydrogen-bond acceptors (Lipinski definition) is 3. The number of ether oxygens (including phenoxy) is 1. The fourth-order valence-electron chi connectivity index (χ4n) is 0.927. The van der Waals surface area contributed by atoms with Crippen LogP contribution in [0.5, 0.6) is 0 Å². The van der Waals surface area contributed by atoms with Crippen molar-refractivity contribution in [3.63, 3.8) is 0 Å². The van der Waals surface area contributed by atoms with Crippen LogP contribution in [-0.2, 0) is 4.74 Å². The molecule has 1 unspecified atom stereocenters. The van der Waals surface area contributed by atoms with Crippen LogP contribution in [0.2, 0.25) is 0 Å². The summed E-state index contributed by atoms with van der Waals surface area (Å²) in [7, 11) is 0. The van der Waals surface area contributed by atoms with E-state index in [1.54, 1.807) is 0 Å². The second-order valence-electron chi connectivity index (χ2n) is 2.54. The Kier molecular flexibility index (Phi) is 2.01. The summed E-state index contributed by atoms with van der Waals surface area (Å²) in [5, 5.41) is 17.8. The van der Waals surface area contributed by atoms with Crippen LogP contribution in [0, 0.1) is 0 Å². The maximum Gasteiger partial charge on any atom is 0.176 e. The number of aliphatic hydroxyl groups is 2. The molecule has 1 saturated heterocycles. The molecule has 0 aromatic rings. The van der Waals surface area contributed by atoms with E-state index in [2.05, 4.69) is 0 Å². The van der Waals surface area contributed by atoms with Crippen molar-refractivity contribution in [3.05, 3.63) is 0 Å². The zero-order valence-electron chi connectivity index (χ0n) is 6.70. The van der Waals surface area contributed by atoms with Crippen LogP contribution < -0.4 is 0 Å². The van der Waals surface area contributed by atoms with Crippen molar-refractivity contribution in [1.82, 2.24) is 0 Å². The second-order valence-corrected chi connectivity index (χ2v) is 2.94. The molecule has 0 radical (unpaired) electrons. The van der Waals surface area contributed by atoms with Crippen molar-refractivity contribution in [2.75, 3.05) is 6.61 Å². The highest BCUT2D eigenvalue weighted by Gasteiger charge is 2.52. The number of rotatable bonds is 1. The minimum atomic E-state index is -2.27. The lowest BCUT2D eigenvalue weighted by Crippen LogP contribution is -2.40. The van der Waals surface area contributed by atoms with Crippen LogP contribution in [0.3, 0.4) is 0 Å². The number of aliphatic hydroxyl groups excluding tert-OH is 2. The van der Waals surface area contributed by atoms with Crippen LogP contribution >= 0.6 is 11.6 Å². The largest absolute Gasteiger partial charge is 0.394 e. The molecule has 1 aliphatic heterocycles. The molecule has 0 saturated carbocycles.